The third kappa shape index (κ3) is 3.84. The second-order valence-corrected chi connectivity index (χ2v) is 7.21. The minimum Gasteiger partial charge on any atom is -0.491 e. The zero-order chi connectivity index (χ0) is 20.4. The van der Waals surface area contributed by atoms with Gasteiger partial charge in [0.1, 0.15) is 12.4 Å². The van der Waals surface area contributed by atoms with Crippen molar-refractivity contribution < 1.29 is 19.1 Å². The lowest BCUT2D eigenvalue weighted by molar-refractivity contribution is 0.0679. The summed E-state index contributed by atoms with van der Waals surface area (Å²) in [4.78, 5) is 27.5. The Balaban J connectivity index is 1.75. The summed E-state index contributed by atoms with van der Waals surface area (Å²) in [6, 6.07) is 10.9. The number of nitrogens with two attached hydrogens (primary N) is 1. The summed E-state index contributed by atoms with van der Waals surface area (Å²) < 4.78 is 11.5. The summed E-state index contributed by atoms with van der Waals surface area (Å²) in [7, 11) is 0. The first-order chi connectivity index (χ1) is 14.1. The van der Waals surface area contributed by atoms with E-state index in [0.29, 0.717) is 29.0 Å². The van der Waals surface area contributed by atoms with Gasteiger partial charge in [-0.3, -0.25) is 14.6 Å². The number of rotatable bonds is 6. The molecule has 1 saturated heterocycles. The summed E-state index contributed by atoms with van der Waals surface area (Å²) >= 11 is 0. The van der Waals surface area contributed by atoms with Crippen molar-refractivity contribution in [2.24, 2.45) is 5.73 Å². The highest BCUT2D eigenvalue weighted by Gasteiger charge is 2.18. The third-order valence-electron chi connectivity index (χ3n) is 5.27. The summed E-state index contributed by atoms with van der Waals surface area (Å²) in [6.45, 7) is 3.19. The van der Waals surface area contributed by atoms with Gasteiger partial charge in [-0.25, -0.2) is 0 Å². The number of aldehydes is 1. The number of fused-ring (bicyclic) bond motifs is 1. The van der Waals surface area contributed by atoms with Crippen molar-refractivity contribution in [1.82, 2.24) is 4.98 Å². The first-order valence-corrected chi connectivity index (χ1v) is 9.60. The number of aryl methyl sites for hydroxylation is 1. The minimum absolute atomic E-state index is 0.105. The van der Waals surface area contributed by atoms with Crippen LogP contribution in [0, 0.1) is 6.92 Å². The van der Waals surface area contributed by atoms with E-state index in [0.717, 1.165) is 47.8 Å². The van der Waals surface area contributed by atoms with E-state index in [1.807, 2.05) is 25.1 Å². The lowest BCUT2D eigenvalue weighted by atomic mass is 9.93. The molecular formula is C23H22N2O4. The highest BCUT2D eigenvalue weighted by atomic mass is 16.5. The minimum atomic E-state index is -0.505. The molecule has 1 aliphatic rings. The highest BCUT2D eigenvalue weighted by molar-refractivity contribution is 6.02. The quantitative estimate of drug-likeness (QED) is 0.648. The van der Waals surface area contributed by atoms with E-state index in [1.54, 1.807) is 24.4 Å². The van der Waals surface area contributed by atoms with Gasteiger partial charge in [-0.1, -0.05) is 12.1 Å². The Morgan fingerprint density at radius 2 is 2.14 bits per heavy atom. The first kappa shape index (κ1) is 19.1. The molecule has 0 spiro atoms. The zero-order valence-corrected chi connectivity index (χ0v) is 16.2. The number of carbonyl (C=O) groups is 2. The summed E-state index contributed by atoms with van der Waals surface area (Å²) in [6.07, 6.45) is 4.46. The van der Waals surface area contributed by atoms with Crippen molar-refractivity contribution in [2.75, 3.05) is 13.2 Å². The number of amides is 1. The second-order valence-electron chi connectivity index (χ2n) is 7.21. The summed E-state index contributed by atoms with van der Waals surface area (Å²) in [5.74, 6) is 0.152. The van der Waals surface area contributed by atoms with Gasteiger partial charge < -0.3 is 15.2 Å². The van der Waals surface area contributed by atoms with Gasteiger partial charge in [0.2, 0.25) is 5.91 Å². The van der Waals surface area contributed by atoms with Crippen LogP contribution >= 0.6 is 0 Å². The molecule has 2 heterocycles. The van der Waals surface area contributed by atoms with Crippen molar-refractivity contribution in [1.29, 1.82) is 0 Å². The molecule has 1 atom stereocenters. The van der Waals surface area contributed by atoms with Gasteiger partial charge >= 0.3 is 0 Å². The van der Waals surface area contributed by atoms with Crippen LogP contribution in [0.15, 0.2) is 42.6 Å². The van der Waals surface area contributed by atoms with Crippen LogP contribution in [-0.2, 0) is 4.74 Å². The maximum absolute atomic E-state index is 12.0. The fourth-order valence-electron chi connectivity index (χ4n) is 3.74. The Morgan fingerprint density at radius 3 is 2.86 bits per heavy atom. The van der Waals surface area contributed by atoms with Crippen molar-refractivity contribution in [3.8, 4) is 16.9 Å². The molecule has 1 aliphatic heterocycles. The molecule has 2 aromatic carbocycles. The number of carbonyl (C=O) groups excluding carboxylic acids is 2. The number of nitrogens with zero attached hydrogens (tertiary/aromatic N) is 1. The van der Waals surface area contributed by atoms with E-state index in [9.17, 15) is 9.59 Å². The molecule has 1 aromatic heterocycles. The van der Waals surface area contributed by atoms with Crippen LogP contribution in [-0.4, -0.2) is 36.5 Å². The average molecular weight is 390 g/mol. The molecule has 29 heavy (non-hydrogen) atoms. The van der Waals surface area contributed by atoms with Crippen molar-refractivity contribution in [3.63, 3.8) is 0 Å². The SMILES string of the molecule is Cc1c(-c2cc(OC[C@@H]3CCCO3)ccc2C(N)=O)ccc2cc(C=O)cnc12. The van der Waals surface area contributed by atoms with Crippen molar-refractivity contribution in [2.45, 2.75) is 25.9 Å². The van der Waals surface area contributed by atoms with Gasteiger partial charge in [0, 0.05) is 29.3 Å². The molecule has 3 aromatic rings. The van der Waals surface area contributed by atoms with Crippen LogP contribution in [0.5, 0.6) is 5.75 Å². The molecule has 148 valence electrons. The van der Waals surface area contributed by atoms with Gasteiger partial charge in [-0.05, 0) is 60.7 Å². The van der Waals surface area contributed by atoms with E-state index in [2.05, 4.69) is 4.98 Å². The molecule has 0 aliphatic carbocycles. The zero-order valence-electron chi connectivity index (χ0n) is 16.2. The fraction of sp³-hybridized carbons (Fsp3) is 0.261. The Morgan fingerprint density at radius 1 is 1.28 bits per heavy atom. The number of ether oxygens (including phenoxy) is 2. The van der Waals surface area contributed by atoms with Crippen LogP contribution in [0.25, 0.3) is 22.0 Å². The van der Waals surface area contributed by atoms with Gasteiger partial charge in [-0.15, -0.1) is 0 Å². The average Bonchev–Trinajstić information content (AvgIpc) is 3.25. The van der Waals surface area contributed by atoms with Crippen molar-refractivity contribution in [3.05, 3.63) is 59.3 Å². The standard InChI is InChI=1S/C23H22N2O4/c1-14-19(6-4-16-9-15(12-26)11-25-22(14)16)21-10-17(5-7-20(21)23(24)27)29-13-18-3-2-8-28-18/h4-7,9-12,18H,2-3,8,13H2,1H3,(H2,24,27)/t18-/m0/s1. The molecule has 0 bridgehead atoms. The molecule has 1 amide bonds. The van der Waals surface area contributed by atoms with E-state index >= 15 is 0 Å². The summed E-state index contributed by atoms with van der Waals surface area (Å²) in [5.41, 5.74) is 9.78. The normalized spacial score (nSPS) is 16.1. The predicted molar refractivity (Wildman–Crippen MR) is 110 cm³/mol. The molecule has 0 radical (unpaired) electrons. The number of primary amides is 1. The van der Waals surface area contributed by atoms with Crippen LogP contribution in [0.4, 0.5) is 0 Å². The van der Waals surface area contributed by atoms with Gasteiger partial charge in [0.05, 0.1) is 11.6 Å². The number of aromatic nitrogens is 1. The van der Waals surface area contributed by atoms with E-state index in [4.69, 9.17) is 15.2 Å². The van der Waals surface area contributed by atoms with Crippen LogP contribution in [0.3, 0.4) is 0 Å². The highest BCUT2D eigenvalue weighted by Crippen LogP contribution is 2.33. The monoisotopic (exact) mass is 390 g/mol. The Kier molecular flexibility index (Phi) is 5.27. The lowest BCUT2D eigenvalue weighted by Crippen LogP contribution is -2.17. The van der Waals surface area contributed by atoms with Gasteiger partial charge in [-0.2, -0.15) is 0 Å². The number of pyridine rings is 1. The Labute approximate surface area is 168 Å². The van der Waals surface area contributed by atoms with Gasteiger partial charge in [0.15, 0.2) is 6.29 Å². The van der Waals surface area contributed by atoms with Crippen LogP contribution < -0.4 is 10.5 Å². The summed E-state index contributed by atoms with van der Waals surface area (Å²) in [5, 5.41) is 0.863. The smallest absolute Gasteiger partial charge is 0.249 e. The molecule has 6 heteroatoms. The third-order valence-corrected chi connectivity index (χ3v) is 5.27. The molecule has 1 fully saturated rings. The predicted octanol–water partition coefficient (Wildman–Crippen LogP) is 3.68. The molecule has 2 N–H and O–H groups in total. The molecule has 4 rings (SSSR count). The number of hydrogen-bond acceptors (Lipinski definition) is 5. The largest absolute Gasteiger partial charge is 0.491 e. The second kappa shape index (κ2) is 8.01. The van der Waals surface area contributed by atoms with E-state index in [-0.39, 0.29) is 6.10 Å². The fourth-order valence-corrected chi connectivity index (χ4v) is 3.74. The maximum atomic E-state index is 12.0. The number of benzene rings is 2. The lowest BCUT2D eigenvalue weighted by Gasteiger charge is -2.16. The first-order valence-electron chi connectivity index (χ1n) is 9.60. The van der Waals surface area contributed by atoms with Crippen molar-refractivity contribution >= 4 is 23.1 Å². The van der Waals surface area contributed by atoms with Crippen LogP contribution in [0.2, 0.25) is 0 Å². The van der Waals surface area contributed by atoms with Crippen LogP contribution in [0.1, 0.15) is 39.1 Å². The van der Waals surface area contributed by atoms with Gasteiger partial charge in [0.25, 0.3) is 0 Å². The van der Waals surface area contributed by atoms with E-state index in [1.165, 1.54) is 0 Å². The Bertz CT molecular complexity index is 1090. The molecular weight excluding hydrogens is 368 g/mol. The Hall–Kier alpha value is -3.25. The molecule has 6 nitrogen and oxygen atoms in total. The molecule has 0 unspecified atom stereocenters. The topological polar surface area (TPSA) is 91.5 Å². The number of hydrogen-bond donors (Lipinski definition) is 1. The maximum Gasteiger partial charge on any atom is 0.249 e. The van der Waals surface area contributed by atoms with E-state index < -0.39 is 5.91 Å². The molecule has 0 saturated carbocycles.